The number of aryl methyl sites for hydroxylation is 1. The van der Waals surface area contributed by atoms with Gasteiger partial charge >= 0.3 is 0 Å². The fourth-order valence-corrected chi connectivity index (χ4v) is 3.87. The topological polar surface area (TPSA) is 86.9 Å². The van der Waals surface area contributed by atoms with Crippen molar-refractivity contribution in [2.45, 2.75) is 5.16 Å². The molecule has 2 heterocycles. The monoisotopic (exact) mass is 434 g/mol. The summed E-state index contributed by atoms with van der Waals surface area (Å²) in [6.07, 6.45) is 1.91. The molecule has 0 aliphatic heterocycles. The Hall–Kier alpha value is -3.59. The van der Waals surface area contributed by atoms with Crippen molar-refractivity contribution < 1.29 is 9.53 Å². The molecule has 4 rings (SSSR count). The zero-order valence-electron chi connectivity index (χ0n) is 17.4. The second-order valence-corrected chi connectivity index (χ2v) is 7.81. The van der Waals surface area contributed by atoms with Gasteiger partial charge in [0.15, 0.2) is 11.0 Å². The molecule has 8 nitrogen and oxygen atoms in total. The first-order chi connectivity index (χ1) is 15.0. The van der Waals surface area contributed by atoms with E-state index in [-0.39, 0.29) is 11.7 Å². The lowest BCUT2D eigenvalue weighted by atomic mass is 10.1. The Balaban J connectivity index is 1.54. The van der Waals surface area contributed by atoms with Crippen molar-refractivity contribution in [1.82, 2.24) is 24.5 Å². The van der Waals surface area contributed by atoms with Gasteiger partial charge in [-0.2, -0.15) is 5.10 Å². The van der Waals surface area contributed by atoms with Gasteiger partial charge in [0.25, 0.3) is 0 Å². The van der Waals surface area contributed by atoms with E-state index in [1.807, 2.05) is 79.5 Å². The third kappa shape index (κ3) is 4.61. The molecule has 0 unspecified atom stereocenters. The summed E-state index contributed by atoms with van der Waals surface area (Å²) < 4.78 is 8.97. The fourth-order valence-electron chi connectivity index (χ4n) is 3.16. The van der Waals surface area contributed by atoms with Crippen LogP contribution in [0.3, 0.4) is 0 Å². The van der Waals surface area contributed by atoms with Gasteiger partial charge in [-0.25, -0.2) is 0 Å². The summed E-state index contributed by atoms with van der Waals surface area (Å²) in [6.45, 7) is 0. The van der Waals surface area contributed by atoms with Crippen LogP contribution in [0.15, 0.2) is 66.0 Å². The number of benzene rings is 2. The fraction of sp³-hybridized carbons (Fsp3) is 0.182. The third-order valence-corrected chi connectivity index (χ3v) is 5.66. The molecule has 2 aromatic carbocycles. The average molecular weight is 435 g/mol. The predicted molar refractivity (Wildman–Crippen MR) is 121 cm³/mol. The van der Waals surface area contributed by atoms with Crippen LogP contribution < -0.4 is 10.1 Å². The van der Waals surface area contributed by atoms with E-state index in [1.54, 1.807) is 11.8 Å². The quantitative estimate of drug-likeness (QED) is 0.447. The van der Waals surface area contributed by atoms with Crippen LogP contribution in [-0.4, -0.2) is 43.3 Å². The van der Waals surface area contributed by atoms with Gasteiger partial charge in [-0.05, 0) is 24.3 Å². The molecule has 0 saturated carbocycles. The SMILES string of the molecule is COc1cccc(-c2nn(C)cc2-c2nnc(SCC(=O)Nc3ccccc3)n2C)c1. The lowest BCUT2D eigenvalue weighted by molar-refractivity contribution is -0.113. The van der Waals surface area contributed by atoms with Gasteiger partial charge in [0.2, 0.25) is 5.91 Å². The molecule has 9 heteroatoms. The Kier molecular flexibility index (Phi) is 6.03. The Morgan fingerprint density at radius 3 is 2.68 bits per heavy atom. The summed E-state index contributed by atoms with van der Waals surface area (Å²) >= 11 is 1.33. The number of nitrogens with zero attached hydrogens (tertiary/aromatic N) is 5. The van der Waals surface area contributed by atoms with Crippen LogP contribution >= 0.6 is 11.8 Å². The van der Waals surface area contributed by atoms with Crippen LogP contribution in [0.25, 0.3) is 22.6 Å². The number of rotatable bonds is 7. The molecule has 1 amide bonds. The van der Waals surface area contributed by atoms with Crippen LogP contribution in [0.2, 0.25) is 0 Å². The molecule has 0 fully saturated rings. The van der Waals surface area contributed by atoms with Crippen LogP contribution in [0, 0.1) is 0 Å². The zero-order chi connectivity index (χ0) is 21.8. The normalized spacial score (nSPS) is 10.8. The van der Waals surface area contributed by atoms with Gasteiger partial charge < -0.3 is 14.6 Å². The third-order valence-electron chi connectivity index (χ3n) is 4.64. The van der Waals surface area contributed by atoms with Gasteiger partial charge in [-0.15, -0.1) is 10.2 Å². The Labute approximate surface area is 184 Å². The van der Waals surface area contributed by atoms with Crippen LogP contribution in [0.4, 0.5) is 5.69 Å². The predicted octanol–water partition coefficient (Wildman–Crippen LogP) is 3.62. The lowest BCUT2D eigenvalue weighted by Gasteiger charge is -2.06. The summed E-state index contributed by atoms with van der Waals surface area (Å²) in [5.74, 6) is 1.57. The van der Waals surface area contributed by atoms with Gasteiger partial charge in [0, 0.05) is 31.5 Å². The maximum Gasteiger partial charge on any atom is 0.234 e. The summed E-state index contributed by atoms with van der Waals surface area (Å²) in [6, 6.07) is 17.1. The maximum absolute atomic E-state index is 12.3. The second-order valence-electron chi connectivity index (χ2n) is 6.87. The van der Waals surface area contributed by atoms with E-state index < -0.39 is 0 Å². The van der Waals surface area contributed by atoms with E-state index in [4.69, 9.17) is 4.74 Å². The standard InChI is InChI=1S/C22H22N6O2S/c1-27-13-18(20(26-27)15-8-7-11-17(12-15)30-3)21-24-25-22(28(21)2)31-14-19(29)23-16-9-5-4-6-10-16/h4-13H,14H2,1-3H3,(H,23,29). The van der Waals surface area contributed by atoms with Gasteiger partial charge in [0.05, 0.1) is 18.4 Å². The highest BCUT2D eigenvalue weighted by molar-refractivity contribution is 7.99. The van der Waals surface area contributed by atoms with Crippen molar-refractivity contribution in [3.8, 4) is 28.4 Å². The van der Waals surface area contributed by atoms with Crippen molar-refractivity contribution in [3.05, 3.63) is 60.8 Å². The number of ether oxygens (including phenoxy) is 1. The molecule has 31 heavy (non-hydrogen) atoms. The summed E-state index contributed by atoms with van der Waals surface area (Å²) in [5, 5.41) is 16.8. The summed E-state index contributed by atoms with van der Waals surface area (Å²) in [4.78, 5) is 12.3. The highest BCUT2D eigenvalue weighted by atomic mass is 32.2. The molecule has 0 bridgehead atoms. The minimum Gasteiger partial charge on any atom is -0.497 e. The van der Waals surface area contributed by atoms with Gasteiger partial charge in [0.1, 0.15) is 11.4 Å². The van der Waals surface area contributed by atoms with E-state index >= 15 is 0 Å². The van der Waals surface area contributed by atoms with Crippen LogP contribution in [0.1, 0.15) is 0 Å². The number of thioether (sulfide) groups is 1. The number of hydrogen-bond acceptors (Lipinski definition) is 6. The molecule has 0 aliphatic rings. The first-order valence-electron chi connectivity index (χ1n) is 9.60. The van der Waals surface area contributed by atoms with E-state index in [0.717, 1.165) is 28.3 Å². The number of methoxy groups -OCH3 is 1. The molecule has 0 spiro atoms. The van der Waals surface area contributed by atoms with E-state index in [1.165, 1.54) is 11.8 Å². The summed E-state index contributed by atoms with van der Waals surface area (Å²) in [7, 11) is 5.39. The number of carbonyl (C=O) groups is 1. The number of carbonyl (C=O) groups excluding carboxylic acids is 1. The van der Waals surface area contributed by atoms with Crippen LogP contribution in [-0.2, 0) is 18.9 Å². The number of nitrogens with one attached hydrogen (secondary N) is 1. The van der Waals surface area contributed by atoms with Gasteiger partial charge in [-0.3, -0.25) is 9.48 Å². The number of amides is 1. The van der Waals surface area contributed by atoms with Gasteiger partial charge in [-0.1, -0.05) is 42.1 Å². The number of para-hydroxylation sites is 1. The van der Waals surface area contributed by atoms with E-state index in [9.17, 15) is 4.79 Å². The van der Waals surface area contributed by atoms with Crippen molar-refractivity contribution >= 4 is 23.4 Å². The molecule has 0 aliphatic carbocycles. The van der Waals surface area contributed by atoms with E-state index in [2.05, 4.69) is 20.6 Å². The highest BCUT2D eigenvalue weighted by Crippen LogP contribution is 2.32. The molecule has 0 radical (unpaired) electrons. The molecular formula is C22H22N6O2S. The van der Waals surface area contributed by atoms with Crippen molar-refractivity contribution in [2.75, 3.05) is 18.2 Å². The molecular weight excluding hydrogens is 412 g/mol. The minimum absolute atomic E-state index is 0.0980. The molecule has 0 saturated heterocycles. The smallest absolute Gasteiger partial charge is 0.234 e. The number of aromatic nitrogens is 5. The Bertz CT molecular complexity index is 1200. The maximum atomic E-state index is 12.3. The molecule has 4 aromatic rings. The zero-order valence-corrected chi connectivity index (χ0v) is 18.3. The van der Waals surface area contributed by atoms with E-state index in [0.29, 0.717) is 11.0 Å². The summed E-state index contributed by atoms with van der Waals surface area (Å²) in [5.41, 5.74) is 3.33. The van der Waals surface area contributed by atoms with Crippen LogP contribution in [0.5, 0.6) is 5.75 Å². The average Bonchev–Trinajstić information content (AvgIpc) is 3.35. The number of hydrogen-bond donors (Lipinski definition) is 1. The minimum atomic E-state index is -0.0980. The Morgan fingerprint density at radius 1 is 1.10 bits per heavy atom. The molecule has 1 N–H and O–H groups in total. The first-order valence-corrected chi connectivity index (χ1v) is 10.6. The number of anilines is 1. The molecule has 0 atom stereocenters. The Morgan fingerprint density at radius 2 is 1.90 bits per heavy atom. The molecule has 158 valence electrons. The lowest BCUT2D eigenvalue weighted by Crippen LogP contribution is -2.14. The van der Waals surface area contributed by atoms with Crippen molar-refractivity contribution in [3.63, 3.8) is 0 Å². The van der Waals surface area contributed by atoms with Crippen molar-refractivity contribution in [2.24, 2.45) is 14.1 Å². The second kappa shape index (κ2) is 9.05. The molecule has 2 aromatic heterocycles. The van der Waals surface area contributed by atoms with Crippen molar-refractivity contribution in [1.29, 1.82) is 0 Å². The first kappa shape index (κ1) is 20.7. The largest absolute Gasteiger partial charge is 0.497 e. The highest BCUT2D eigenvalue weighted by Gasteiger charge is 2.19.